The van der Waals surface area contributed by atoms with Gasteiger partial charge in [0.05, 0.1) is 20.0 Å². The first kappa shape index (κ1) is 13.0. The molecule has 0 fully saturated rings. The fourth-order valence-electron chi connectivity index (χ4n) is 1.76. The molecule has 0 radical (unpaired) electrons. The summed E-state index contributed by atoms with van der Waals surface area (Å²) in [6, 6.07) is 3.45. The molecule has 0 bridgehead atoms. The van der Waals surface area contributed by atoms with Gasteiger partial charge in [0, 0.05) is 17.0 Å². The molecule has 0 spiro atoms. The molecule has 5 heteroatoms. The second kappa shape index (κ2) is 5.48. The van der Waals surface area contributed by atoms with Gasteiger partial charge in [-0.2, -0.15) is 0 Å². The number of hydrogen-bond acceptors (Lipinski definition) is 5. The molecular weight excluding hydrogens is 248 g/mol. The lowest BCUT2D eigenvalue weighted by molar-refractivity contribution is -0.137. The minimum absolute atomic E-state index is 0.0782. The highest BCUT2D eigenvalue weighted by Crippen LogP contribution is 2.39. The van der Waals surface area contributed by atoms with Crippen LogP contribution >= 0.6 is 0 Å². The van der Waals surface area contributed by atoms with E-state index in [1.54, 1.807) is 19.1 Å². The van der Waals surface area contributed by atoms with Gasteiger partial charge in [0.1, 0.15) is 0 Å². The Labute approximate surface area is 110 Å². The van der Waals surface area contributed by atoms with E-state index in [-0.39, 0.29) is 11.5 Å². The maximum atomic E-state index is 11.3. The standard InChI is InChI=1S/C14H14O5/c1-3-18-11(15)5-4-9-8-10-6-7-19-13(10)14(17-2)12(9)16/h4-8,16H,3H2,1-2H3. The third kappa shape index (κ3) is 2.54. The number of phenols is 1. The molecular formula is C14H14O5. The van der Waals surface area contributed by atoms with Crippen LogP contribution in [0.25, 0.3) is 17.0 Å². The highest BCUT2D eigenvalue weighted by molar-refractivity contribution is 5.93. The Balaban J connectivity index is 2.43. The molecule has 5 nitrogen and oxygen atoms in total. The van der Waals surface area contributed by atoms with Crippen LogP contribution in [0.5, 0.6) is 11.5 Å². The maximum Gasteiger partial charge on any atom is 0.330 e. The van der Waals surface area contributed by atoms with Crippen molar-refractivity contribution in [2.24, 2.45) is 0 Å². The van der Waals surface area contributed by atoms with Crippen molar-refractivity contribution in [1.82, 2.24) is 0 Å². The van der Waals surface area contributed by atoms with Crippen molar-refractivity contribution in [1.29, 1.82) is 0 Å². The Hall–Kier alpha value is -2.43. The van der Waals surface area contributed by atoms with Crippen molar-refractivity contribution in [2.45, 2.75) is 6.92 Å². The zero-order valence-corrected chi connectivity index (χ0v) is 10.7. The van der Waals surface area contributed by atoms with Crippen molar-refractivity contribution in [2.75, 3.05) is 13.7 Å². The van der Waals surface area contributed by atoms with Gasteiger partial charge in [-0.05, 0) is 25.1 Å². The van der Waals surface area contributed by atoms with E-state index in [0.717, 1.165) is 5.39 Å². The van der Waals surface area contributed by atoms with Crippen LogP contribution in [0.3, 0.4) is 0 Å². The van der Waals surface area contributed by atoms with E-state index in [4.69, 9.17) is 13.9 Å². The van der Waals surface area contributed by atoms with Gasteiger partial charge >= 0.3 is 5.97 Å². The summed E-state index contributed by atoms with van der Waals surface area (Å²) in [7, 11) is 1.44. The van der Waals surface area contributed by atoms with Gasteiger partial charge in [0.25, 0.3) is 0 Å². The third-order valence-corrected chi connectivity index (χ3v) is 2.59. The van der Waals surface area contributed by atoms with E-state index in [1.807, 2.05) is 0 Å². The molecule has 0 amide bonds. The number of carbonyl (C=O) groups is 1. The molecule has 0 saturated heterocycles. The van der Waals surface area contributed by atoms with Crippen molar-refractivity contribution >= 4 is 23.0 Å². The number of aromatic hydroxyl groups is 1. The SMILES string of the molecule is CCOC(=O)C=Cc1cc2ccoc2c(OC)c1O. The van der Waals surface area contributed by atoms with E-state index in [9.17, 15) is 9.90 Å². The second-order valence-corrected chi connectivity index (χ2v) is 3.77. The number of fused-ring (bicyclic) bond motifs is 1. The van der Waals surface area contributed by atoms with Gasteiger partial charge in [-0.25, -0.2) is 4.79 Å². The quantitative estimate of drug-likeness (QED) is 0.677. The van der Waals surface area contributed by atoms with E-state index >= 15 is 0 Å². The summed E-state index contributed by atoms with van der Waals surface area (Å²) in [5.41, 5.74) is 0.923. The summed E-state index contributed by atoms with van der Waals surface area (Å²) in [5.74, 6) is -0.301. The number of furan rings is 1. The third-order valence-electron chi connectivity index (χ3n) is 2.59. The molecule has 0 unspecified atom stereocenters. The van der Waals surface area contributed by atoms with Crippen LogP contribution in [0.2, 0.25) is 0 Å². The summed E-state index contributed by atoms with van der Waals surface area (Å²) >= 11 is 0. The predicted octanol–water partition coefficient (Wildman–Crippen LogP) is 2.72. The molecule has 2 rings (SSSR count). The lowest BCUT2D eigenvalue weighted by Crippen LogP contribution is -1.98. The fraction of sp³-hybridized carbons (Fsp3) is 0.214. The number of esters is 1. The van der Waals surface area contributed by atoms with Crippen LogP contribution in [-0.4, -0.2) is 24.8 Å². The molecule has 0 atom stereocenters. The van der Waals surface area contributed by atoms with Gasteiger partial charge in [0.15, 0.2) is 11.3 Å². The first-order valence-corrected chi connectivity index (χ1v) is 5.79. The number of methoxy groups -OCH3 is 1. The highest BCUT2D eigenvalue weighted by atomic mass is 16.5. The Bertz CT molecular complexity index is 624. The Morgan fingerprint density at radius 3 is 3.00 bits per heavy atom. The summed E-state index contributed by atoms with van der Waals surface area (Å²) < 4.78 is 15.1. The smallest absolute Gasteiger partial charge is 0.330 e. The van der Waals surface area contributed by atoms with Crippen LogP contribution in [0.15, 0.2) is 28.9 Å². The number of rotatable bonds is 4. The zero-order chi connectivity index (χ0) is 13.8. The van der Waals surface area contributed by atoms with Crippen LogP contribution in [-0.2, 0) is 9.53 Å². The average Bonchev–Trinajstić information content (AvgIpc) is 2.84. The predicted molar refractivity (Wildman–Crippen MR) is 70.1 cm³/mol. The fourth-order valence-corrected chi connectivity index (χ4v) is 1.76. The normalized spacial score (nSPS) is 11.1. The van der Waals surface area contributed by atoms with Crippen molar-refractivity contribution in [3.63, 3.8) is 0 Å². The molecule has 0 aliphatic carbocycles. The van der Waals surface area contributed by atoms with Crippen LogP contribution in [0.1, 0.15) is 12.5 Å². The van der Waals surface area contributed by atoms with Gasteiger partial charge < -0.3 is 19.0 Å². The summed E-state index contributed by atoms with van der Waals surface area (Å²) in [4.78, 5) is 11.3. The Morgan fingerprint density at radius 1 is 1.53 bits per heavy atom. The number of phenolic OH excluding ortho intramolecular Hbond substituents is 1. The van der Waals surface area contributed by atoms with E-state index in [2.05, 4.69) is 0 Å². The largest absolute Gasteiger partial charge is 0.504 e. The molecule has 1 aromatic heterocycles. The zero-order valence-electron chi connectivity index (χ0n) is 10.7. The first-order valence-electron chi connectivity index (χ1n) is 5.79. The van der Waals surface area contributed by atoms with E-state index in [1.165, 1.54) is 25.5 Å². The molecule has 1 aromatic carbocycles. The summed E-state index contributed by atoms with van der Waals surface area (Å²) in [6.07, 6.45) is 4.23. The molecule has 1 heterocycles. The number of benzene rings is 1. The summed E-state index contributed by atoms with van der Waals surface area (Å²) in [5, 5.41) is 10.8. The van der Waals surface area contributed by atoms with Gasteiger partial charge in [0.2, 0.25) is 5.75 Å². The average molecular weight is 262 g/mol. The second-order valence-electron chi connectivity index (χ2n) is 3.77. The number of hydrogen-bond donors (Lipinski definition) is 1. The molecule has 1 N–H and O–H groups in total. The number of ether oxygens (including phenoxy) is 2. The van der Waals surface area contributed by atoms with E-state index in [0.29, 0.717) is 17.8 Å². The van der Waals surface area contributed by atoms with Crippen molar-refractivity contribution < 1.29 is 23.8 Å². The minimum Gasteiger partial charge on any atom is -0.504 e. The maximum absolute atomic E-state index is 11.3. The topological polar surface area (TPSA) is 68.9 Å². The highest BCUT2D eigenvalue weighted by Gasteiger charge is 2.14. The molecule has 0 aliphatic rings. The molecule has 0 saturated carbocycles. The molecule has 2 aromatic rings. The lowest BCUT2D eigenvalue weighted by Gasteiger charge is -2.06. The van der Waals surface area contributed by atoms with Crippen molar-refractivity contribution in [3.05, 3.63) is 30.0 Å². The molecule has 100 valence electrons. The van der Waals surface area contributed by atoms with Gasteiger partial charge in [-0.1, -0.05) is 0 Å². The Morgan fingerprint density at radius 2 is 2.32 bits per heavy atom. The minimum atomic E-state index is -0.465. The van der Waals surface area contributed by atoms with Gasteiger partial charge in [-0.3, -0.25) is 0 Å². The molecule has 0 aliphatic heterocycles. The molecule has 19 heavy (non-hydrogen) atoms. The van der Waals surface area contributed by atoms with Crippen LogP contribution in [0.4, 0.5) is 0 Å². The van der Waals surface area contributed by atoms with Gasteiger partial charge in [-0.15, -0.1) is 0 Å². The monoisotopic (exact) mass is 262 g/mol. The number of carbonyl (C=O) groups excluding carboxylic acids is 1. The van der Waals surface area contributed by atoms with Crippen molar-refractivity contribution in [3.8, 4) is 11.5 Å². The lowest BCUT2D eigenvalue weighted by atomic mass is 10.1. The van der Waals surface area contributed by atoms with Crippen LogP contribution < -0.4 is 4.74 Å². The summed E-state index contributed by atoms with van der Waals surface area (Å²) in [6.45, 7) is 2.03. The van der Waals surface area contributed by atoms with E-state index < -0.39 is 5.97 Å². The first-order chi connectivity index (χ1) is 9.17. The van der Waals surface area contributed by atoms with Crippen LogP contribution in [0, 0.1) is 0 Å². The Kier molecular flexibility index (Phi) is 3.75.